The van der Waals surface area contributed by atoms with Crippen molar-refractivity contribution in [3.05, 3.63) is 23.8 Å². The Bertz CT molecular complexity index is 931. The van der Waals surface area contributed by atoms with Crippen molar-refractivity contribution in [2.45, 2.75) is 97.9 Å². The van der Waals surface area contributed by atoms with Crippen LogP contribution in [-0.4, -0.2) is 43.1 Å². The van der Waals surface area contributed by atoms with Gasteiger partial charge in [-0.1, -0.05) is 59.9 Å². The third kappa shape index (κ3) is 10.8. The highest BCUT2D eigenvalue weighted by atomic mass is 16.6. The minimum atomic E-state index is -1.50. The number of unbranched alkanes of at least 4 members (excludes halogenated alkanes) is 1. The molecule has 1 aromatic rings. The first-order valence-corrected chi connectivity index (χ1v) is 13.6. The molecular formula is C29H45NO8. The molecule has 0 amide bonds. The highest BCUT2D eigenvalue weighted by Gasteiger charge is 2.36. The van der Waals surface area contributed by atoms with Gasteiger partial charge in [0.1, 0.15) is 5.54 Å². The fourth-order valence-electron chi connectivity index (χ4n) is 3.92. The summed E-state index contributed by atoms with van der Waals surface area (Å²) in [5.41, 5.74) is 5.50. The van der Waals surface area contributed by atoms with E-state index in [4.69, 9.17) is 24.7 Å². The van der Waals surface area contributed by atoms with Gasteiger partial charge in [-0.3, -0.25) is 19.2 Å². The molecule has 0 aromatic heterocycles. The highest BCUT2D eigenvalue weighted by molar-refractivity contribution is 5.81. The first-order chi connectivity index (χ1) is 18.0. The van der Waals surface area contributed by atoms with Gasteiger partial charge in [0, 0.05) is 19.3 Å². The Morgan fingerprint density at radius 3 is 2.00 bits per heavy atom. The largest absolute Gasteiger partial charge is 0.468 e. The highest BCUT2D eigenvalue weighted by Crippen LogP contribution is 2.32. The predicted octanol–water partition coefficient (Wildman–Crippen LogP) is 4.91. The molecule has 0 heterocycles. The second-order valence-electron chi connectivity index (χ2n) is 9.90. The van der Waals surface area contributed by atoms with E-state index in [-0.39, 0.29) is 48.8 Å². The number of carbonyl (C=O) groups excluding carboxylic acids is 4. The number of esters is 4. The van der Waals surface area contributed by atoms with Crippen molar-refractivity contribution in [3.8, 4) is 11.5 Å². The zero-order valence-electron chi connectivity index (χ0n) is 23.8. The smallest absolute Gasteiger partial charge is 0.326 e. The van der Waals surface area contributed by atoms with Crippen LogP contribution in [0.15, 0.2) is 18.2 Å². The van der Waals surface area contributed by atoms with E-state index in [1.807, 2.05) is 20.8 Å². The van der Waals surface area contributed by atoms with Crippen LogP contribution < -0.4 is 15.2 Å². The van der Waals surface area contributed by atoms with E-state index >= 15 is 0 Å². The molecule has 0 bridgehead atoms. The minimum absolute atomic E-state index is 0.0156. The van der Waals surface area contributed by atoms with Crippen molar-refractivity contribution in [2.75, 3.05) is 13.7 Å². The molecule has 0 radical (unpaired) electrons. The zero-order chi connectivity index (χ0) is 28.7. The van der Waals surface area contributed by atoms with E-state index in [0.717, 1.165) is 25.7 Å². The van der Waals surface area contributed by atoms with Gasteiger partial charge < -0.3 is 24.7 Å². The van der Waals surface area contributed by atoms with Crippen LogP contribution in [0, 0.1) is 11.8 Å². The first-order valence-electron chi connectivity index (χ1n) is 13.6. The van der Waals surface area contributed by atoms with E-state index in [0.29, 0.717) is 24.8 Å². The maximum Gasteiger partial charge on any atom is 0.326 e. The SMILES string of the molecule is CCCCC(=O)OCC[C@@](N)(Cc1ccc(OC(=O)C(C)CCC)c(OC(=O)C(C)CCC)c1)C(=O)OC. The quantitative estimate of drug-likeness (QED) is 0.218. The Morgan fingerprint density at radius 1 is 0.895 bits per heavy atom. The maximum atomic E-state index is 12.7. The predicted molar refractivity (Wildman–Crippen MR) is 144 cm³/mol. The standard InChI is InChI=1S/C29H45NO8/c1-7-10-13-25(31)36-17-16-29(30,28(34)35-6)19-22-14-15-23(37-26(32)20(4)11-8-2)24(18-22)38-27(33)21(5)12-9-3/h14-15,18,20-21H,7-13,16-17,19,30H2,1-6H3/t20?,21?,29-/m1/s1. The van der Waals surface area contributed by atoms with Gasteiger partial charge in [0.15, 0.2) is 11.5 Å². The lowest BCUT2D eigenvalue weighted by molar-refractivity contribution is -0.151. The summed E-state index contributed by atoms with van der Waals surface area (Å²) in [7, 11) is 1.24. The van der Waals surface area contributed by atoms with Crippen molar-refractivity contribution < 1.29 is 38.1 Å². The molecule has 1 aromatic carbocycles. The molecule has 9 nitrogen and oxygen atoms in total. The molecule has 9 heteroatoms. The van der Waals surface area contributed by atoms with Gasteiger partial charge in [-0.15, -0.1) is 0 Å². The number of rotatable bonds is 17. The molecule has 0 aliphatic carbocycles. The summed E-state index contributed by atoms with van der Waals surface area (Å²) in [6.45, 7) is 9.44. The number of ether oxygens (including phenoxy) is 4. The third-order valence-electron chi connectivity index (χ3n) is 6.33. The Balaban J connectivity index is 3.20. The van der Waals surface area contributed by atoms with Crippen LogP contribution >= 0.6 is 0 Å². The maximum absolute atomic E-state index is 12.7. The number of methoxy groups -OCH3 is 1. The van der Waals surface area contributed by atoms with Crippen LogP contribution in [0.2, 0.25) is 0 Å². The molecule has 0 aliphatic heterocycles. The average Bonchev–Trinajstić information content (AvgIpc) is 2.88. The van der Waals surface area contributed by atoms with Crippen molar-refractivity contribution in [3.63, 3.8) is 0 Å². The van der Waals surface area contributed by atoms with E-state index < -0.39 is 23.4 Å². The zero-order valence-corrected chi connectivity index (χ0v) is 23.8. The molecule has 0 saturated carbocycles. The molecule has 214 valence electrons. The lowest BCUT2D eigenvalue weighted by Crippen LogP contribution is -2.51. The van der Waals surface area contributed by atoms with Gasteiger partial charge in [0.2, 0.25) is 0 Å². The van der Waals surface area contributed by atoms with E-state index in [1.165, 1.54) is 13.2 Å². The third-order valence-corrected chi connectivity index (χ3v) is 6.33. The lowest BCUT2D eigenvalue weighted by Gasteiger charge is -2.27. The molecule has 0 saturated heterocycles. The number of benzene rings is 1. The van der Waals surface area contributed by atoms with Crippen molar-refractivity contribution >= 4 is 23.9 Å². The fourth-order valence-corrected chi connectivity index (χ4v) is 3.92. The molecule has 0 spiro atoms. The summed E-state index contributed by atoms with van der Waals surface area (Å²) in [4.78, 5) is 49.8. The molecule has 0 fully saturated rings. The van der Waals surface area contributed by atoms with Crippen molar-refractivity contribution in [1.82, 2.24) is 0 Å². The lowest BCUT2D eigenvalue weighted by atomic mass is 9.88. The Labute approximate surface area is 226 Å². The number of hydrogen-bond donors (Lipinski definition) is 1. The number of carbonyl (C=O) groups is 4. The topological polar surface area (TPSA) is 131 Å². The molecule has 2 N–H and O–H groups in total. The fraction of sp³-hybridized carbons (Fsp3) is 0.655. The molecule has 38 heavy (non-hydrogen) atoms. The van der Waals surface area contributed by atoms with Gasteiger partial charge in [-0.2, -0.15) is 0 Å². The number of hydrogen-bond acceptors (Lipinski definition) is 9. The van der Waals surface area contributed by atoms with Crippen LogP contribution in [-0.2, 0) is 35.1 Å². The Morgan fingerprint density at radius 2 is 1.47 bits per heavy atom. The van der Waals surface area contributed by atoms with Crippen LogP contribution in [0.5, 0.6) is 11.5 Å². The summed E-state index contributed by atoms with van der Waals surface area (Å²) in [6, 6.07) is 4.72. The van der Waals surface area contributed by atoms with Gasteiger partial charge in [-0.25, -0.2) is 0 Å². The molecule has 3 atom stereocenters. The normalized spacial score (nSPS) is 14.1. The summed E-state index contributed by atoms with van der Waals surface area (Å²) >= 11 is 0. The van der Waals surface area contributed by atoms with Gasteiger partial charge >= 0.3 is 23.9 Å². The second-order valence-corrected chi connectivity index (χ2v) is 9.90. The van der Waals surface area contributed by atoms with Crippen LogP contribution in [0.3, 0.4) is 0 Å². The van der Waals surface area contributed by atoms with Crippen LogP contribution in [0.25, 0.3) is 0 Å². The monoisotopic (exact) mass is 535 g/mol. The van der Waals surface area contributed by atoms with Crippen LogP contribution in [0.1, 0.15) is 91.5 Å². The first kappa shape index (κ1) is 33.1. The molecular weight excluding hydrogens is 490 g/mol. The minimum Gasteiger partial charge on any atom is -0.468 e. The van der Waals surface area contributed by atoms with Gasteiger partial charge in [-0.05, 0) is 37.0 Å². The van der Waals surface area contributed by atoms with Crippen LogP contribution in [0.4, 0.5) is 0 Å². The molecule has 1 rings (SSSR count). The van der Waals surface area contributed by atoms with E-state index in [1.54, 1.807) is 26.0 Å². The summed E-state index contributed by atoms with van der Waals surface area (Å²) in [5.74, 6) is -2.37. The van der Waals surface area contributed by atoms with Gasteiger partial charge in [0.05, 0.1) is 25.6 Å². The van der Waals surface area contributed by atoms with Gasteiger partial charge in [0.25, 0.3) is 0 Å². The summed E-state index contributed by atoms with van der Waals surface area (Å²) in [6.07, 6.45) is 4.88. The summed E-state index contributed by atoms with van der Waals surface area (Å²) in [5, 5.41) is 0. The second kappa shape index (κ2) is 16.8. The number of nitrogens with two attached hydrogens (primary N) is 1. The molecule has 2 unspecified atom stereocenters. The van der Waals surface area contributed by atoms with E-state index in [2.05, 4.69) is 0 Å². The summed E-state index contributed by atoms with van der Waals surface area (Å²) < 4.78 is 21.4. The van der Waals surface area contributed by atoms with Crippen molar-refractivity contribution in [1.29, 1.82) is 0 Å². The van der Waals surface area contributed by atoms with Crippen molar-refractivity contribution in [2.24, 2.45) is 17.6 Å². The Kier molecular flexibility index (Phi) is 14.6. The van der Waals surface area contributed by atoms with E-state index in [9.17, 15) is 19.2 Å². The average molecular weight is 536 g/mol. The Hall–Kier alpha value is -2.94. The molecule has 0 aliphatic rings.